The molecule has 2 aliphatic rings. The minimum atomic E-state index is 0.0413. The highest BCUT2D eigenvalue weighted by atomic mass is 79.9. The number of carbonyl (C=O) groups excluding carboxylic acids is 1. The maximum absolute atomic E-state index is 12.4. The second-order valence-electron chi connectivity index (χ2n) is 5.78. The van der Waals surface area contributed by atoms with Crippen LogP contribution in [0.2, 0.25) is 0 Å². The molecule has 4 heteroatoms. The van der Waals surface area contributed by atoms with E-state index in [4.69, 9.17) is 0 Å². The second kappa shape index (κ2) is 6.52. The van der Waals surface area contributed by atoms with Gasteiger partial charge < -0.3 is 5.32 Å². The molecule has 3 rings (SSSR count). The van der Waals surface area contributed by atoms with Crippen LogP contribution in [0.15, 0.2) is 29.2 Å². The fourth-order valence-corrected chi connectivity index (χ4v) is 5.24. The van der Waals surface area contributed by atoms with Crippen molar-refractivity contribution in [2.45, 2.75) is 41.3 Å². The molecule has 1 aliphatic heterocycles. The summed E-state index contributed by atoms with van der Waals surface area (Å²) in [5.74, 6) is 1.77. The molecule has 2 nitrogen and oxygen atoms in total. The number of amides is 1. The van der Waals surface area contributed by atoms with Crippen molar-refractivity contribution in [2.75, 3.05) is 12.3 Å². The van der Waals surface area contributed by atoms with Gasteiger partial charge in [-0.3, -0.25) is 4.79 Å². The third kappa shape index (κ3) is 3.22. The van der Waals surface area contributed by atoms with E-state index in [1.165, 1.54) is 36.1 Å². The molecule has 1 fully saturated rings. The lowest BCUT2D eigenvalue weighted by Crippen LogP contribution is -2.35. The van der Waals surface area contributed by atoms with Crippen molar-refractivity contribution in [2.24, 2.45) is 5.92 Å². The van der Waals surface area contributed by atoms with E-state index in [0.29, 0.717) is 10.7 Å². The zero-order valence-electron chi connectivity index (χ0n) is 11.5. The zero-order valence-corrected chi connectivity index (χ0v) is 13.9. The normalized spacial score (nSPS) is 28.9. The third-order valence-corrected chi connectivity index (χ3v) is 6.31. The molecule has 0 aromatic heterocycles. The van der Waals surface area contributed by atoms with Crippen molar-refractivity contribution in [3.05, 3.63) is 29.8 Å². The summed E-state index contributed by atoms with van der Waals surface area (Å²) in [6.45, 7) is 0.838. The van der Waals surface area contributed by atoms with Crippen LogP contribution in [-0.2, 0) is 4.79 Å². The minimum Gasteiger partial charge on any atom is -0.355 e. The highest BCUT2D eigenvalue weighted by Crippen LogP contribution is 2.39. The van der Waals surface area contributed by atoms with Crippen LogP contribution in [0.3, 0.4) is 0 Å². The molecule has 3 atom stereocenters. The Labute approximate surface area is 133 Å². The molecule has 3 unspecified atom stereocenters. The zero-order chi connectivity index (χ0) is 13.9. The van der Waals surface area contributed by atoms with E-state index in [1.807, 2.05) is 12.1 Å². The SMILES string of the molecule is O=C(NCC1CCCC(Br)C1)C1CSc2ccccc21. The van der Waals surface area contributed by atoms with Crippen LogP contribution in [0.5, 0.6) is 0 Å². The topological polar surface area (TPSA) is 29.1 Å². The van der Waals surface area contributed by atoms with E-state index in [9.17, 15) is 4.79 Å². The van der Waals surface area contributed by atoms with Gasteiger partial charge in [0.15, 0.2) is 0 Å². The minimum absolute atomic E-state index is 0.0413. The Morgan fingerprint density at radius 1 is 1.35 bits per heavy atom. The van der Waals surface area contributed by atoms with Gasteiger partial charge in [0.25, 0.3) is 0 Å². The number of halogens is 1. The summed E-state index contributed by atoms with van der Waals surface area (Å²) in [4.78, 5) is 14.3. The number of benzene rings is 1. The predicted octanol–water partition coefficient (Wildman–Crippen LogP) is 3.95. The van der Waals surface area contributed by atoms with Crippen molar-refractivity contribution in [3.63, 3.8) is 0 Å². The molecule has 1 aromatic carbocycles. The highest BCUT2D eigenvalue weighted by molar-refractivity contribution is 9.09. The van der Waals surface area contributed by atoms with Crippen LogP contribution in [0.4, 0.5) is 0 Å². The standard InChI is InChI=1S/C16H20BrNOS/c17-12-5-3-4-11(8-12)9-18-16(19)14-10-20-15-7-2-1-6-13(14)15/h1-2,6-7,11-12,14H,3-5,8-10H2,(H,18,19). The smallest absolute Gasteiger partial charge is 0.228 e. The van der Waals surface area contributed by atoms with Gasteiger partial charge in [0.1, 0.15) is 0 Å². The number of nitrogens with one attached hydrogen (secondary N) is 1. The van der Waals surface area contributed by atoms with E-state index >= 15 is 0 Å². The number of rotatable bonds is 3. The van der Waals surface area contributed by atoms with Gasteiger partial charge in [-0.05, 0) is 36.8 Å². The first-order valence-electron chi connectivity index (χ1n) is 7.37. The van der Waals surface area contributed by atoms with Crippen LogP contribution in [0, 0.1) is 5.92 Å². The molecule has 1 aliphatic carbocycles. The van der Waals surface area contributed by atoms with Gasteiger partial charge >= 0.3 is 0 Å². The lowest BCUT2D eigenvalue weighted by molar-refractivity contribution is -0.122. The fraction of sp³-hybridized carbons (Fsp3) is 0.562. The molecule has 1 aromatic rings. The van der Waals surface area contributed by atoms with Gasteiger partial charge in [0.05, 0.1) is 5.92 Å². The number of hydrogen-bond acceptors (Lipinski definition) is 2. The molecule has 0 bridgehead atoms. The van der Waals surface area contributed by atoms with Gasteiger partial charge in [-0.15, -0.1) is 11.8 Å². The summed E-state index contributed by atoms with van der Waals surface area (Å²) in [5.41, 5.74) is 1.21. The number of hydrogen-bond donors (Lipinski definition) is 1. The van der Waals surface area contributed by atoms with Gasteiger partial charge in [0, 0.05) is 22.0 Å². The van der Waals surface area contributed by atoms with Crippen LogP contribution >= 0.6 is 27.7 Å². The lowest BCUT2D eigenvalue weighted by atomic mass is 9.89. The Kier molecular flexibility index (Phi) is 4.72. The summed E-state index contributed by atoms with van der Waals surface area (Å²) < 4.78 is 0. The summed E-state index contributed by atoms with van der Waals surface area (Å²) >= 11 is 5.51. The number of alkyl halides is 1. The molecular weight excluding hydrogens is 334 g/mol. The van der Waals surface area contributed by atoms with E-state index in [0.717, 1.165) is 12.3 Å². The van der Waals surface area contributed by atoms with Crippen LogP contribution in [0.1, 0.15) is 37.2 Å². The number of thioether (sulfide) groups is 1. The van der Waals surface area contributed by atoms with Crippen LogP contribution < -0.4 is 5.32 Å². The average molecular weight is 354 g/mol. The van der Waals surface area contributed by atoms with E-state index in [2.05, 4.69) is 33.4 Å². The van der Waals surface area contributed by atoms with Crippen molar-refractivity contribution >= 4 is 33.6 Å². The maximum atomic E-state index is 12.4. The third-order valence-electron chi connectivity index (χ3n) is 4.30. The predicted molar refractivity (Wildman–Crippen MR) is 87.6 cm³/mol. The fourth-order valence-electron chi connectivity index (χ4n) is 3.16. The molecular formula is C16H20BrNOS. The summed E-state index contributed by atoms with van der Waals surface area (Å²) in [6.07, 6.45) is 4.99. The van der Waals surface area contributed by atoms with Crippen LogP contribution in [-0.4, -0.2) is 23.0 Å². The summed E-state index contributed by atoms with van der Waals surface area (Å²) in [5, 5.41) is 3.18. The molecule has 20 heavy (non-hydrogen) atoms. The molecule has 108 valence electrons. The van der Waals surface area contributed by atoms with E-state index in [-0.39, 0.29) is 11.8 Å². The van der Waals surface area contributed by atoms with Crippen LogP contribution in [0.25, 0.3) is 0 Å². The Morgan fingerprint density at radius 2 is 2.20 bits per heavy atom. The van der Waals surface area contributed by atoms with E-state index in [1.54, 1.807) is 11.8 Å². The largest absolute Gasteiger partial charge is 0.355 e. The van der Waals surface area contributed by atoms with Gasteiger partial charge in [-0.25, -0.2) is 0 Å². The summed E-state index contributed by atoms with van der Waals surface area (Å²) in [7, 11) is 0. The molecule has 1 saturated carbocycles. The van der Waals surface area contributed by atoms with Crippen molar-refractivity contribution < 1.29 is 4.79 Å². The van der Waals surface area contributed by atoms with Gasteiger partial charge in [0.2, 0.25) is 5.91 Å². The first-order chi connectivity index (χ1) is 9.74. The number of fused-ring (bicyclic) bond motifs is 1. The Balaban J connectivity index is 1.55. The van der Waals surface area contributed by atoms with Crippen molar-refractivity contribution in [1.82, 2.24) is 5.32 Å². The number of carbonyl (C=O) groups is 1. The molecule has 1 amide bonds. The van der Waals surface area contributed by atoms with Crippen molar-refractivity contribution in [3.8, 4) is 0 Å². The monoisotopic (exact) mass is 353 g/mol. The van der Waals surface area contributed by atoms with Crippen molar-refractivity contribution in [1.29, 1.82) is 0 Å². The quantitative estimate of drug-likeness (QED) is 0.833. The Morgan fingerprint density at radius 3 is 3.05 bits per heavy atom. The maximum Gasteiger partial charge on any atom is 0.228 e. The molecule has 0 spiro atoms. The van der Waals surface area contributed by atoms with Gasteiger partial charge in [-0.2, -0.15) is 0 Å². The molecule has 1 heterocycles. The second-order valence-corrected chi connectivity index (χ2v) is 8.13. The molecule has 1 N–H and O–H groups in total. The first-order valence-corrected chi connectivity index (χ1v) is 9.27. The molecule has 0 saturated heterocycles. The first kappa shape index (κ1) is 14.5. The molecule has 0 radical (unpaired) electrons. The summed E-state index contributed by atoms with van der Waals surface area (Å²) in [6, 6.07) is 8.28. The Bertz CT molecular complexity index is 493. The van der Waals surface area contributed by atoms with Gasteiger partial charge in [-0.1, -0.05) is 40.5 Å². The Hall–Kier alpha value is -0.480. The lowest BCUT2D eigenvalue weighted by Gasteiger charge is -2.26. The van der Waals surface area contributed by atoms with E-state index < -0.39 is 0 Å². The average Bonchev–Trinajstić information content (AvgIpc) is 2.89. The highest BCUT2D eigenvalue weighted by Gasteiger charge is 2.29.